The highest BCUT2D eigenvalue weighted by molar-refractivity contribution is 5.97. The molecule has 0 atom stereocenters. The molecule has 0 heterocycles. The molecule has 68 heavy (non-hydrogen) atoms. The van der Waals surface area contributed by atoms with Crippen LogP contribution in [0.3, 0.4) is 0 Å². The van der Waals surface area contributed by atoms with Gasteiger partial charge in [-0.1, -0.05) is 203 Å². The topological polar surface area (TPSA) is 3.24 Å². The molecular formula is C67H51N. The zero-order chi connectivity index (χ0) is 45.2. The van der Waals surface area contributed by atoms with Crippen molar-refractivity contribution < 1.29 is 0 Å². The highest BCUT2D eigenvalue weighted by atomic mass is 15.1. The van der Waals surface area contributed by atoms with E-state index in [1.807, 2.05) is 0 Å². The zero-order valence-corrected chi connectivity index (χ0v) is 38.6. The van der Waals surface area contributed by atoms with Crippen LogP contribution in [0.4, 0.5) is 17.1 Å². The maximum atomic E-state index is 2.57. The van der Waals surface area contributed by atoms with Gasteiger partial charge in [-0.3, -0.25) is 0 Å². The lowest BCUT2D eigenvalue weighted by atomic mass is 9.67. The third kappa shape index (κ3) is 5.39. The minimum Gasteiger partial charge on any atom is -0.310 e. The molecule has 1 saturated carbocycles. The Kier molecular flexibility index (Phi) is 8.48. The summed E-state index contributed by atoms with van der Waals surface area (Å²) in [4.78, 5) is 2.57. The third-order valence-corrected chi connectivity index (χ3v) is 16.7. The molecule has 0 saturated heterocycles. The van der Waals surface area contributed by atoms with Crippen molar-refractivity contribution in [2.75, 3.05) is 4.90 Å². The van der Waals surface area contributed by atoms with Gasteiger partial charge < -0.3 is 4.90 Å². The van der Waals surface area contributed by atoms with Gasteiger partial charge >= 0.3 is 0 Å². The number of hydrogen-bond donors (Lipinski definition) is 0. The summed E-state index contributed by atoms with van der Waals surface area (Å²) in [5, 5.41) is 2.57. The number of para-hydroxylation sites is 1. The molecule has 14 rings (SSSR count). The molecule has 0 aliphatic heterocycles. The Morgan fingerprint density at radius 2 is 0.824 bits per heavy atom. The fourth-order valence-corrected chi connectivity index (χ4v) is 13.6. The number of benzene rings is 10. The summed E-state index contributed by atoms with van der Waals surface area (Å²) in [6, 6.07) is 85.5. The highest BCUT2D eigenvalue weighted by Crippen LogP contribution is 2.60. The largest absolute Gasteiger partial charge is 0.310 e. The van der Waals surface area contributed by atoms with E-state index in [1.54, 1.807) is 0 Å². The van der Waals surface area contributed by atoms with Gasteiger partial charge in [-0.25, -0.2) is 0 Å². The number of anilines is 3. The van der Waals surface area contributed by atoms with E-state index in [9.17, 15) is 0 Å². The van der Waals surface area contributed by atoms with Gasteiger partial charge in [0.05, 0.1) is 11.1 Å². The normalized spacial score (nSPS) is 15.9. The predicted molar refractivity (Wildman–Crippen MR) is 284 cm³/mol. The van der Waals surface area contributed by atoms with Gasteiger partial charge in [0.25, 0.3) is 0 Å². The number of hydrogen-bond acceptors (Lipinski definition) is 1. The van der Waals surface area contributed by atoms with Crippen molar-refractivity contribution in [3.8, 4) is 44.5 Å². The second-order valence-corrected chi connectivity index (χ2v) is 20.3. The molecule has 0 radical (unpaired) electrons. The maximum Gasteiger partial charge on any atom is 0.0714 e. The van der Waals surface area contributed by atoms with Gasteiger partial charge in [0.1, 0.15) is 0 Å². The van der Waals surface area contributed by atoms with Crippen molar-refractivity contribution in [2.45, 2.75) is 55.8 Å². The Morgan fingerprint density at radius 1 is 0.338 bits per heavy atom. The van der Waals surface area contributed by atoms with Crippen LogP contribution in [0, 0.1) is 0 Å². The van der Waals surface area contributed by atoms with Gasteiger partial charge in [0.2, 0.25) is 0 Å². The lowest BCUT2D eigenvalue weighted by molar-refractivity contribution is 0.550. The summed E-state index contributed by atoms with van der Waals surface area (Å²) >= 11 is 0. The molecule has 0 amide bonds. The first-order valence-corrected chi connectivity index (χ1v) is 24.6. The molecular weight excluding hydrogens is 819 g/mol. The number of nitrogens with zero attached hydrogens (tertiary/aromatic N) is 1. The fourth-order valence-electron chi connectivity index (χ4n) is 13.6. The maximum absolute atomic E-state index is 2.57. The first-order valence-electron chi connectivity index (χ1n) is 24.6. The zero-order valence-electron chi connectivity index (χ0n) is 38.6. The molecule has 1 fully saturated rings. The fraction of sp³-hybridized carbons (Fsp3) is 0.134. The Balaban J connectivity index is 1.01. The van der Waals surface area contributed by atoms with Gasteiger partial charge in [-0.05, 0) is 156 Å². The highest BCUT2D eigenvalue weighted by Gasteiger charge is 2.47. The van der Waals surface area contributed by atoms with Crippen LogP contribution >= 0.6 is 0 Å². The first-order chi connectivity index (χ1) is 33.4. The molecule has 0 bridgehead atoms. The van der Waals surface area contributed by atoms with Gasteiger partial charge in [0, 0.05) is 27.8 Å². The van der Waals surface area contributed by atoms with Gasteiger partial charge in [-0.15, -0.1) is 0 Å². The van der Waals surface area contributed by atoms with E-state index in [2.05, 4.69) is 243 Å². The van der Waals surface area contributed by atoms with Crippen molar-refractivity contribution in [2.24, 2.45) is 0 Å². The average molecular weight is 870 g/mol. The van der Waals surface area contributed by atoms with E-state index in [0.29, 0.717) is 0 Å². The van der Waals surface area contributed by atoms with E-state index in [1.165, 1.54) is 131 Å². The Hall–Kier alpha value is -7.74. The monoisotopic (exact) mass is 869 g/mol. The summed E-state index contributed by atoms with van der Waals surface area (Å²) < 4.78 is 0. The molecule has 1 heteroatoms. The standard InChI is InChI=1S/C67H51N/c1-65(2)60-40-45-20-10-9-19-44(45)39-57(60)56-36-33-49(42-61(56)65)68(64-30-16-13-25-51(64)46-31-34-54-52-26-11-14-28-58(52)66(62(54)41-46)37-17-18-38-66)50-32-35-55-53-27-12-15-29-59(53)67(63(55)43-50,47-21-5-3-6-22-47)48-23-7-4-8-24-48/h3-16,19-36,39-43H,17-18,37-38H2,1-2H3. The van der Waals surface area contributed by atoms with Crippen LogP contribution < -0.4 is 4.90 Å². The van der Waals surface area contributed by atoms with Crippen molar-refractivity contribution in [3.63, 3.8) is 0 Å². The summed E-state index contributed by atoms with van der Waals surface area (Å²) in [6.45, 7) is 4.83. The third-order valence-electron chi connectivity index (χ3n) is 16.7. The van der Waals surface area contributed by atoms with Crippen molar-refractivity contribution in [1.82, 2.24) is 0 Å². The summed E-state index contributed by atoms with van der Waals surface area (Å²) in [5.74, 6) is 0. The van der Waals surface area contributed by atoms with Crippen LogP contribution in [-0.4, -0.2) is 0 Å². The number of rotatable bonds is 6. The van der Waals surface area contributed by atoms with Crippen molar-refractivity contribution >= 4 is 27.8 Å². The minimum atomic E-state index is -0.524. The first kappa shape index (κ1) is 39.4. The second kappa shape index (κ2) is 14.6. The van der Waals surface area contributed by atoms with Crippen molar-refractivity contribution in [3.05, 3.63) is 269 Å². The van der Waals surface area contributed by atoms with Crippen LogP contribution in [-0.2, 0) is 16.2 Å². The molecule has 10 aromatic carbocycles. The SMILES string of the molecule is CC1(C)c2cc(N(c3ccc4c(c3)C(c3ccccc3)(c3ccccc3)c3ccccc3-4)c3ccccc3-c3ccc4c(c3)C3(CCCC3)c3ccccc3-4)ccc2-c2cc3ccccc3cc21. The van der Waals surface area contributed by atoms with Crippen LogP contribution in [0.15, 0.2) is 224 Å². The van der Waals surface area contributed by atoms with Crippen LogP contribution in [0.25, 0.3) is 55.3 Å². The van der Waals surface area contributed by atoms with Crippen LogP contribution in [0.2, 0.25) is 0 Å². The van der Waals surface area contributed by atoms with E-state index in [-0.39, 0.29) is 10.8 Å². The molecule has 324 valence electrons. The van der Waals surface area contributed by atoms with Crippen molar-refractivity contribution in [1.29, 1.82) is 0 Å². The Morgan fingerprint density at radius 3 is 1.51 bits per heavy atom. The molecule has 0 N–H and O–H groups in total. The lowest BCUT2D eigenvalue weighted by Gasteiger charge is -2.35. The molecule has 4 aliphatic carbocycles. The predicted octanol–water partition coefficient (Wildman–Crippen LogP) is 17.5. The van der Waals surface area contributed by atoms with Gasteiger partial charge in [0.15, 0.2) is 0 Å². The Bertz CT molecular complexity index is 3620. The molecule has 0 unspecified atom stereocenters. The van der Waals surface area contributed by atoms with E-state index in [4.69, 9.17) is 0 Å². The van der Waals surface area contributed by atoms with Crippen LogP contribution in [0.1, 0.15) is 84.0 Å². The average Bonchev–Trinajstić information content (AvgIpc) is 4.13. The van der Waals surface area contributed by atoms with E-state index < -0.39 is 5.41 Å². The van der Waals surface area contributed by atoms with Crippen LogP contribution in [0.5, 0.6) is 0 Å². The summed E-state index contributed by atoms with van der Waals surface area (Å²) in [5.41, 5.74) is 24.3. The summed E-state index contributed by atoms with van der Waals surface area (Å²) in [6.07, 6.45) is 4.96. The molecule has 4 aliphatic rings. The molecule has 1 spiro atoms. The molecule has 1 nitrogen and oxygen atoms in total. The Labute approximate surface area is 400 Å². The molecule has 10 aromatic rings. The second-order valence-electron chi connectivity index (χ2n) is 20.3. The lowest BCUT2D eigenvalue weighted by Crippen LogP contribution is -2.28. The van der Waals surface area contributed by atoms with E-state index in [0.717, 1.165) is 11.4 Å². The minimum absolute atomic E-state index is 0.0785. The molecule has 0 aromatic heterocycles. The summed E-state index contributed by atoms with van der Waals surface area (Å²) in [7, 11) is 0. The van der Waals surface area contributed by atoms with E-state index >= 15 is 0 Å². The number of fused-ring (bicyclic) bond motifs is 12. The smallest absolute Gasteiger partial charge is 0.0714 e. The quantitative estimate of drug-likeness (QED) is 0.161. The van der Waals surface area contributed by atoms with Gasteiger partial charge in [-0.2, -0.15) is 0 Å².